The standard InChI is InChI=1S/C11H12BrN5OS/c1-2-3-8-14-6(12)4-10(16-8)19-11-15-7(13)5-9(18)17-11/h4-5H,2-3H2,1H3,(H3,13,15,17,18). The first-order valence-electron chi connectivity index (χ1n) is 5.65. The highest BCUT2D eigenvalue weighted by atomic mass is 79.9. The molecule has 2 aromatic heterocycles. The lowest BCUT2D eigenvalue weighted by molar-refractivity contribution is 0.801. The maximum absolute atomic E-state index is 11.3. The zero-order chi connectivity index (χ0) is 13.8. The first kappa shape index (κ1) is 14.0. The number of aromatic nitrogens is 4. The van der Waals surface area contributed by atoms with Crippen molar-refractivity contribution in [1.82, 2.24) is 19.9 Å². The van der Waals surface area contributed by atoms with E-state index in [1.165, 1.54) is 17.8 Å². The number of H-pyrrole nitrogens is 1. The molecule has 0 spiro atoms. The number of rotatable bonds is 4. The summed E-state index contributed by atoms with van der Waals surface area (Å²) >= 11 is 4.59. The molecular formula is C11H12BrN5OS. The van der Waals surface area contributed by atoms with Gasteiger partial charge in [-0.05, 0) is 34.1 Å². The number of hydrogen-bond acceptors (Lipinski definition) is 6. The molecule has 0 amide bonds. The van der Waals surface area contributed by atoms with Crippen LogP contribution in [0.15, 0.2) is 31.7 Å². The highest BCUT2D eigenvalue weighted by Crippen LogP contribution is 2.24. The van der Waals surface area contributed by atoms with Crippen molar-refractivity contribution in [3.05, 3.63) is 32.9 Å². The van der Waals surface area contributed by atoms with Gasteiger partial charge in [0.05, 0.1) is 0 Å². The summed E-state index contributed by atoms with van der Waals surface area (Å²) in [5.41, 5.74) is 5.25. The molecule has 0 fully saturated rings. The van der Waals surface area contributed by atoms with Crippen molar-refractivity contribution < 1.29 is 0 Å². The van der Waals surface area contributed by atoms with Crippen molar-refractivity contribution in [2.45, 2.75) is 29.9 Å². The summed E-state index contributed by atoms with van der Waals surface area (Å²) in [6, 6.07) is 3.01. The van der Waals surface area contributed by atoms with Crippen molar-refractivity contribution in [3.63, 3.8) is 0 Å². The Hall–Kier alpha value is -1.41. The molecular weight excluding hydrogens is 330 g/mol. The maximum Gasteiger partial charge on any atom is 0.253 e. The lowest BCUT2D eigenvalue weighted by Crippen LogP contribution is -2.09. The van der Waals surface area contributed by atoms with Crippen LogP contribution < -0.4 is 11.3 Å². The summed E-state index contributed by atoms with van der Waals surface area (Å²) in [6.07, 6.45) is 1.77. The fourth-order valence-corrected chi connectivity index (χ4v) is 2.83. The molecule has 3 N–H and O–H groups in total. The van der Waals surface area contributed by atoms with Crippen LogP contribution in [0.5, 0.6) is 0 Å². The minimum atomic E-state index is -0.281. The molecule has 0 aliphatic heterocycles. The van der Waals surface area contributed by atoms with Crippen LogP contribution in [0.4, 0.5) is 5.82 Å². The Morgan fingerprint density at radius 3 is 2.84 bits per heavy atom. The fraction of sp³-hybridized carbons (Fsp3) is 0.273. The molecule has 0 aromatic carbocycles. The van der Waals surface area contributed by atoms with Gasteiger partial charge in [-0.15, -0.1) is 0 Å². The maximum atomic E-state index is 11.3. The van der Waals surface area contributed by atoms with Crippen LogP contribution in [-0.2, 0) is 6.42 Å². The molecule has 6 nitrogen and oxygen atoms in total. The van der Waals surface area contributed by atoms with Crippen LogP contribution in [0.1, 0.15) is 19.2 Å². The number of nitrogens with one attached hydrogen (secondary N) is 1. The van der Waals surface area contributed by atoms with Crippen molar-refractivity contribution in [1.29, 1.82) is 0 Å². The molecule has 2 aromatic rings. The summed E-state index contributed by atoms with van der Waals surface area (Å²) in [4.78, 5) is 26.6. The van der Waals surface area contributed by atoms with Gasteiger partial charge >= 0.3 is 0 Å². The van der Waals surface area contributed by atoms with E-state index in [0.29, 0.717) is 14.8 Å². The normalized spacial score (nSPS) is 10.6. The van der Waals surface area contributed by atoms with Crippen molar-refractivity contribution in [3.8, 4) is 0 Å². The second kappa shape index (κ2) is 6.16. The molecule has 100 valence electrons. The van der Waals surface area contributed by atoms with E-state index in [0.717, 1.165) is 18.7 Å². The van der Waals surface area contributed by atoms with E-state index in [4.69, 9.17) is 5.73 Å². The number of aryl methyl sites for hydroxylation is 1. The first-order chi connectivity index (χ1) is 9.06. The fourth-order valence-electron chi connectivity index (χ4n) is 1.43. The molecule has 0 atom stereocenters. The lowest BCUT2D eigenvalue weighted by Gasteiger charge is -2.04. The Morgan fingerprint density at radius 1 is 1.37 bits per heavy atom. The molecule has 0 aliphatic carbocycles. The predicted octanol–water partition coefficient (Wildman–Crippen LogP) is 2.01. The van der Waals surface area contributed by atoms with Crippen LogP contribution in [-0.4, -0.2) is 19.9 Å². The zero-order valence-electron chi connectivity index (χ0n) is 10.2. The quantitative estimate of drug-likeness (QED) is 0.652. The summed E-state index contributed by atoms with van der Waals surface area (Å²) in [6.45, 7) is 2.06. The Bertz CT molecular complexity index is 645. The number of anilines is 1. The highest BCUT2D eigenvalue weighted by Gasteiger charge is 2.07. The average Bonchev–Trinajstić information content (AvgIpc) is 2.26. The number of nitrogens with zero attached hydrogens (tertiary/aromatic N) is 3. The molecule has 0 saturated heterocycles. The first-order valence-corrected chi connectivity index (χ1v) is 7.26. The smallest absolute Gasteiger partial charge is 0.253 e. The molecule has 0 radical (unpaired) electrons. The third kappa shape index (κ3) is 4.03. The molecule has 0 saturated carbocycles. The predicted molar refractivity (Wildman–Crippen MR) is 77.1 cm³/mol. The van der Waals surface area contributed by atoms with E-state index >= 15 is 0 Å². The van der Waals surface area contributed by atoms with Crippen LogP contribution in [0.25, 0.3) is 0 Å². The molecule has 19 heavy (non-hydrogen) atoms. The second-order valence-electron chi connectivity index (χ2n) is 3.77. The van der Waals surface area contributed by atoms with E-state index in [1.807, 2.05) is 0 Å². The molecule has 2 heterocycles. The van der Waals surface area contributed by atoms with Crippen LogP contribution in [0, 0.1) is 0 Å². The van der Waals surface area contributed by atoms with Crippen LogP contribution >= 0.6 is 27.7 Å². The third-order valence-corrected chi connectivity index (χ3v) is 3.34. The number of nitrogen functional groups attached to an aromatic ring is 1. The van der Waals surface area contributed by atoms with E-state index in [9.17, 15) is 4.79 Å². The minimum Gasteiger partial charge on any atom is -0.383 e. The topological polar surface area (TPSA) is 97.5 Å². The van der Waals surface area contributed by atoms with Crippen LogP contribution in [0.3, 0.4) is 0 Å². The van der Waals surface area contributed by atoms with Crippen molar-refractivity contribution >= 4 is 33.5 Å². The van der Waals surface area contributed by atoms with Gasteiger partial charge in [-0.3, -0.25) is 4.79 Å². The van der Waals surface area contributed by atoms with Crippen molar-refractivity contribution in [2.75, 3.05) is 5.73 Å². The van der Waals surface area contributed by atoms with E-state index in [1.54, 1.807) is 6.07 Å². The summed E-state index contributed by atoms with van der Waals surface area (Å²) < 4.78 is 0.708. The average molecular weight is 342 g/mol. The Kier molecular flexibility index (Phi) is 4.54. The van der Waals surface area contributed by atoms with Crippen molar-refractivity contribution in [2.24, 2.45) is 0 Å². The summed E-state index contributed by atoms with van der Waals surface area (Å²) in [7, 11) is 0. The van der Waals surface area contributed by atoms with Gasteiger partial charge in [0.1, 0.15) is 21.3 Å². The van der Waals surface area contributed by atoms with Gasteiger partial charge in [0.2, 0.25) is 0 Å². The Balaban J connectivity index is 2.29. The van der Waals surface area contributed by atoms with E-state index in [-0.39, 0.29) is 11.4 Å². The van der Waals surface area contributed by atoms with Gasteiger partial charge in [0.25, 0.3) is 5.56 Å². The number of halogens is 1. The third-order valence-electron chi connectivity index (χ3n) is 2.13. The van der Waals surface area contributed by atoms with E-state index < -0.39 is 0 Å². The molecule has 0 unspecified atom stereocenters. The highest BCUT2D eigenvalue weighted by molar-refractivity contribution is 9.10. The lowest BCUT2D eigenvalue weighted by atomic mass is 10.3. The number of aromatic amines is 1. The monoisotopic (exact) mass is 341 g/mol. The molecule has 0 aliphatic rings. The second-order valence-corrected chi connectivity index (χ2v) is 5.59. The Labute approximate surface area is 122 Å². The SMILES string of the molecule is CCCc1nc(Br)cc(Sc2nc(N)cc(=O)[nH]2)n1. The molecule has 0 bridgehead atoms. The van der Waals surface area contributed by atoms with Gasteiger partial charge in [-0.1, -0.05) is 6.92 Å². The van der Waals surface area contributed by atoms with Gasteiger partial charge in [-0.2, -0.15) is 0 Å². The summed E-state index contributed by atoms with van der Waals surface area (Å²) in [5.74, 6) is 0.943. The Morgan fingerprint density at radius 2 is 2.16 bits per heavy atom. The summed E-state index contributed by atoms with van der Waals surface area (Å²) in [5, 5.41) is 1.12. The minimum absolute atomic E-state index is 0.188. The molecule has 2 rings (SSSR count). The largest absolute Gasteiger partial charge is 0.383 e. The van der Waals surface area contributed by atoms with Crippen LogP contribution in [0.2, 0.25) is 0 Å². The number of hydrogen-bond donors (Lipinski definition) is 2. The van der Waals surface area contributed by atoms with Gasteiger partial charge < -0.3 is 10.7 Å². The number of nitrogens with two attached hydrogens (primary N) is 1. The zero-order valence-corrected chi connectivity index (χ0v) is 12.6. The van der Waals surface area contributed by atoms with Gasteiger partial charge in [0.15, 0.2) is 5.16 Å². The van der Waals surface area contributed by atoms with Gasteiger partial charge in [-0.25, -0.2) is 15.0 Å². The molecule has 8 heteroatoms. The van der Waals surface area contributed by atoms with Gasteiger partial charge in [0, 0.05) is 18.6 Å². The van der Waals surface area contributed by atoms with E-state index in [2.05, 4.69) is 42.8 Å².